The van der Waals surface area contributed by atoms with Gasteiger partial charge in [-0.1, -0.05) is 24.1 Å². The Morgan fingerprint density at radius 1 is 0.795 bits per heavy atom. The second-order valence-electron chi connectivity index (χ2n) is 11.4. The van der Waals surface area contributed by atoms with Gasteiger partial charge in [0.25, 0.3) is 0 Å². The third kappa shape index (κ3) is 6.58. The molecule has 0 saturated carbocycles. The first-order chi connectivity index (χ1) is 18.6. The van der Waals surface area contributed by atoms with Crippen molar-refractivity contribution in [2.24, 2.45) is 17.8 Å². The summed E-state index contributed by atoms with van der Waals surface area (Å²) in [6, 6.07) is 0. The summed E-state index contributed by atoms with van der Waals surface area (Å²) < 4.78 is 22.7. The number of aliphatic hydroxyl groups is 8. The van der Waals surface area contributed by atoms with E-state index in [4.69, 9.17) is 18.9 Å². The molecule has 12 nitrogen and oxygen atoms in total. The Bertz CT molecular complexity index is 875. The third-order valence-corrected chi connectivity index (χ3v) is 8.72. The van der Waals surface area contributed by atoms with Crippen molar-refractivity contribution in [1.29, 1.82) is 0 Å². The van der Waals surface area contributed by atoms with Crippen LogP contribution in [0.25, 0.3) is 0 Å². The maximum absolute atomic E-state index is 10.3. The lowest BCUT2D eigenvalue weighted by molar-refractivity contribution is -0.303. The molecule has 12 heteroatoms. The van der Waals surface area contributed by atoms with Crippen molar-refractivity contribution in [2.45, 2.75) is 101 Å². The monoisotopic (exact) mass is 560 g/mol. The molecule has 0 radical (unpaired) electrons. The van der Waals surface area contributed by atoms with Crippen molar-refractivity contribution in [3.63, 3.8) is 0 Å². The van der Waals surface area contributed by atoms with E-state index in [1.165, 1.54) is 11.1 Å². The van der Waals surface area contributed by atoms with Crippen LogP contribution in [0, 0.1) is 17.8 Å². The van der Waals surface area contributed by atoms with Crippen LogP contribution >= 0.6 is 0 Å². The molecule has 4 rings (SSSR count). The van der Waals surface area contributed by atoms with Gasteiger partial charge in [0.15, 0.2) is 12.6 Å². The Kier molecular flexibility index (Phi) is 10.6. The molecular weight excluding hydrogens is 516 g/mol. The summed E-state index contributed by atoms with van der Waals surface area (Å²) in [6.07, 6.45) is -7.56. The summed E-state index contributed by atoms with van der Waals surface area (Å²) in [6.45, 7) is 3.54. The van der Waals surface area contributed by atoms with Crippen LogP contribution in [0.5, 0.6) is 0 Å². The fraction of sp³-hybridized carbons (Fsp3) is 0.852. The van der Waals surface area contributed by atoms with E-state index in [-0.39, 0.29) is 31.0 Å². The number of ether oxygens (including phenoxy) is 4. The molecular formula is C27H44O12. The molecule has 2 aliphatic carbocycles. The van der Waals surface area contributed by atoms with Gasteiger partial charge >= 0.3 is 0 Å². The van der Waals surface area contributed by atoms with Crippen LogP contribution in [-0.4, -0.2) is 129 Å². The van der Waals surface area contributed by atoms with Gasteiger partial charge in [0, 0.05) is 5.92 Å². The van der Waals surface area contributed by atoms with E-state index in [1.54, 1.807) is 0 Å². The summed E-state index contributed by atoms with van der Waals surface area (Å²) >= 11 is 0. The van der Waals surface area contributed by atoms with E-state index < -0.39 is 74.6 Å². The van der Waals surface area contributed by atoms with Gasteiger partial charge in [0.05, 0.1) is 26.4 Å². The maximum atomic E-state index is 10.3. The average molecular weight is 561 g/mol. The van der Waals surface area contributed by atoms with Crippen LogP contribution in [0.15, 0.2) is 22.8 Å². The maximum Gasteiger partial charge on any atom is 0.187 e. The molecule has 13 atom stereocenters. The van der Waals surface area contributed by atoms with Crippen molar-refractivity contribution in [2.75, 3.05) is 26.4 Å². The van der Waals surface area contributed by atoms with Crippen LogP contribution in [-0.2, 0) is 18.9 Å². The smallest absolute Gasteiger partial charge is 0.187 e. The van der Waals surface area contributed by atoms with E-state index in [2.05, 4.69) is 19.9 Å². The Morgan fingerprint density at radius 3 is 1.92 bits per heavy atom. The molecule has 0 bridgehead atoms. The van der Waals surface area contributed by atoms with Crippen LogP contribution in [0.3, 0.4) is 0 Å². The highest BCUT2D eigenvalue weighted by atomic mass is 16.7. The number of allylic oxidation sites excluding steroid dienone is 3. The number of aliphatic hydroxyl groups excluding tert-OH is 8. The highest BCUT2D eigenvalue weighted by Gasteiger charge is 2.46. The molecule has 2 heterocycles. The predicted octanol–water partition coefficient (Wildman–Crippen LogP) is -1.68. The van der Waals surface area contributed by atoms with Gasteiger partial charge in [0.2, 0.25) is 0 Å². The van der Waals surface area contributed by atoms with Crippen molar-refractivity contribution < 1.29 is 59.8 Å². The van der Waals surface area contributed by atoms with Gasteiger partial charge in [-0.15, -0.1) is 0 Å². The van der Waals surface area contributed by atoms with Crippen LogP contribution < -0.4 is 0 Å². The minimum atomic E-state index is -1.49. The fourth-order valence-electron chi connectivity index (χ4n) is 6.23. The first-order valence-electron chi connectivity index (χ1n) is 13.8. The van der Waals surface area contributed by atoms with Gasteiger partial charge in [-0.2, -0.15) is 0 Å². The second kappa shape index (κ2) is 13.3. The standard InChI is InChI=1S/C27H44O12/c1-12-3-5-16-14(11-37-27-25(35)23(33)21(31)19(9-29)39-27)4-6-15(17(16)7-12)13(2)10-36-26-24(34)22(32)20(30)18(8-28)38-26/h7,13,15,17-35H,3-6,8-11H2,1-2H3/t13-,15+,17+,18-,19-,20-,21-,22+,23+,24-,25-,26-,27-/m1/s1. The average Bonchev–Trinajstić information content (AvgIpc) is 2.93. The highest BCUT2D eigenvalue weighted by molar-refractivity contribution is 5.31. The van der Waals surface area contributed by atoms with Crippen molar-refractivity contribution in [3.05, 3.63) is 22.8 Å². The Hall–Kier alpha value is -1.00. The van der Waals surface area contributed by atoms with Gasteiger partial charge in [-0.3, -0.25) is 0 Å². The zero-order valence-corrected chi connectivity index (χ0v) is 22.5. The second-order valence-corrected chi connectivity index (χ2v) is 11.4. The minimum Gasteiger partial charge on any atom is -0.394 e. The first kappa shape index (κ1) is 30.9. The summed E-state index contributed by atoms with van der Waals surface area (Å²) in [5.74, 6) is 0.401. The van der Waals surface area contributed by atoms with Gasteiger partial charge in [-0.05, 0) is 50.0 Å². The Morgan fingerprint density at radius 2 is 1.36 bits per heavy atom. The lowest BCUT2D eigenvalue weighted by Gasteiger charge is -2.43. The topological polar surface area (TPSA) is 199 Å². The molecule has 2 aliphatic heterocycles. The fourth-order valence-corrected chi connectivity index (χ4v) is 6.23. The molecule has 2 saturated heterocycles. The number of hydrogen-bond acceptors (Lipinski definition) is 12. The largest absolute Gasteiger partial charge is 0.394 e. The van der Waals surface area contributed by atoms with E-state index in [9.17, 15) is 40.9 Å². The van der Waals surface area contributed by atoms with E-state index in [1.807, 2.05) is 0 Å². The quantitative estimate of drug-likeness (QED) is 0.149. The molecule has 0 aromatic carbocycles. The lowest BCUT2D eigenvalue weighted by atomic mass is 9.66. The van der Waals surface area contributed by atoms with Crippen molar-refractivity contribution in [3.8, 4) is 0 Å². The molecule has 8 N–H and O–H groups in total. The molecule has 0 amide bonds. The van der Waals surface area contributed by atoms with Crippen LogP contribution in [0.1, 0.15) is 39.5 Å². The summed E-state index contributed by atoms with van der Waals surface area (Å²) in [4.78, 5) is 0. The summed E-state index contributed by atoms with van der Waals surface area (Å²) in [5.41, 5.74) is 3.63. The molecule has 39 heavy (non-hydrogen) atoms. The SMILES string of the molecule is CC1=C[C@@H]2C(=C(CO[C@@H]3O[C@H](CO)[C@@H](O)[C@H](O)[C@H]3O)CC[C@H]2[C@H](C)CO[C@@H]2O[C@H](CO)[C@@H](O)[C@H](O)[C@H]2O)CC1. The molecule has 4 aliphatic rings. The van der Waals surface area contributed by atoms with E-state index in [0.717, 1.165) is 31.3 Å². The van der Waals surface area contributed by atoms with E-state index >= 15 is 0 Å². The number of rotatable bonds is 9. The molecule has 224 valence electrons. The minimum absolute atomic E-state index is 0.0486. The van der Waals surface area contributed by atoms with Gasteiger partial charge in [0.1, 0.15) is 48.8 Å². The van der Waals surface area contributed by atoms with Crippen molar-refractivity contribution in [1.82, 2.24) is 0 Å². The lowest BCUT2D eigenvalue weighted by Crippen LogP contribution is -2.59. The third-order valence-electron chi connectivity index (χ3n) is 8.72. The molecule has 0 spiro atoms. The Labute approximate surface area is 228 Å². The molecule has 0 aromatic heterocycles. The summed E-state index contributed by atoms with van der Waals surface area (Å²) in [7, 11) is 0. The first-order valence-corrected chi connectivity index (χ1v) is 13.8. The highest BCUT2D eigenvalue weighted by Crippen LogP contribution is 2.45. The number of fused-ring (bicyclic) bond motifs is 1. The van der Waals surface area contributed by atoms with Crippen molar-refractivity contribution >= 4 is 0 Å². The van der Waals surface area contributed by atoms with Gasteiger partial charge < -0.3 is 59.8 Å². The Balaban J connectivity index is 1.41. The molecule has 2 fully saturated rings. The van der Waals surface area contributed by atoms with Crippen LogP contribution in [0.4, 0.5) is 0 Å². The van der Waals surface area contributed by atoms with Gasteiger partial charge in [-0.25, -0.2) is 0 Å². The number of hydrogen-bond donors (Lipinski definition) is 8. The summed E-state index contributed by atoms with van der Waals surface area (Å²) in [5, 5.41) is 79.6. The predicted molar refractivity (Wildman–Crippen MR) is 135 cm³/mol. The molecule has 0 unspecified atom stereocenters. The van der Waals surface area contributed by atoms with Crippen LogP contribution in [0.2, 0.25) is 0 Å². The van der Waals surface area contributed by atoms with E-state index in [0.29, 0.717) is 0 Å². The normalized spacial score (nSPS) is 44.1. The zero-order chi connectivity index (χ0) is 28.4. The zero-order valence-electron chi connectivity index (χ0n) is 22.5. The molecule has 0 aromatic rings.